The van der Waals surface area contributed by atoms with Gasteiger partial charge in [0.1, 0.15) is 11.5 Å². The Kier molecular flexibility index (Phi) is 3.72. The number of aliphatic carboxylic acids is 1. The van der Waals surface area contributed by atoms with Crippen molar-refractivity contribution in [3.63, 3.8) is 0 Å². The Morgan fingerprint density at radius 2 is 2.22 bits per heavy atom. The van der Waals surface area contributed by atoms with Crippen LogP contribution >= 0.6 is 0 Å². The molecule has 0 spiro atoms. The number of rotatable bonds is 6. The van der Waals surface area contributed by atoms with Gasteiger partial charge in [0.25, 0.3) is 0 Å². The van der Waals surface area contributed by atoms with Gasteiger partial charge in [-0.3, -0.25) is 9.69 Å². The minimum Gasteiger partial charge on any atom is -0.508 e. The topological polar surface area (TPSA) is 70.0 Å². The Morgan fingerprint density at radius 3 is 2.78 bits per heavy atom. The quantitative estimate of drug-likeness (QED) is 0.800. The first kappa shape index (κ1) is 12.7. The Labute approximate surface area is 106 Å². The molecular formula is C13H17NO4. The Balaban J connectivity index is 2.12. The van der Waals surface area contributed by atoms with Crippen LogP contribution in [0, 0.1) is 0 Å². The molecule has 0 saturated heterocycles. The third kappa shape index (κ3) is 3.13. The fourth-order valence-electron chi connectivity index (χ4n) is 1.96. The SMILES string of the molecule is COc1ccc(O)c(CN(CC(=O)O)C2CC2)c1. The van der Waals surface area contributed by atoms with Gasteiger partial charge in [-0.2, -0.15) is 0 Å². The zero-order valence-corrected chi connectivity index (χ0v) is 10.3. The number of aromatic hydroxyl groups is 1. The van der Waals surface area contributed by atoms with Gasteiger partial charge in [-0.05, 0) is 31.0 Å². The highest BCUT2D eigenvalue weighted by atomic mass is 16.5. The highest BCUT2D eigenvalue weighted by Gasteiger charge is 2.30. The molecule has 2 N–H and O–H groups in total. The van der Waals surface area contributed by atoms with Crippen molar-refractivity contribution >= 4 is 5.97 Å². The number of ether oxygens (including phenoxy) is 1. The van der Waals surface area contributed by atoms with E-state index in [4.69, 9.17) is 9.84 Å². The first-order chi connectivity index (χ1) is 8.60. The van der Waals surface area contributed by atoms with E-state index >= 15 is 0 Å². The minimum absolute atomic E-state index is 0.00131. The van der Waals surface area contributed by atoms with E-state index < -0.39 is 5.97 Å². The van der Waals surface area contributed by atoms with Crippen molar-refractivity contribution in [3.05, 3.63) is 23.8 Å². The van der Waals surface area contributed by atoms with Crippen molar-refractivity contribution in [1.29, 1.82) is 0 Å². The zero-order chi connectivity index (χ0) is 13.1. The summed E-state index contributed by atoms with van der Waals surface area (Å²) < 4.78 is 5.10. The molecule has 0 radical (unpaired) electrons. The van der Waals surface area contributed by atoms with Crippen molar-refractivity contribution < 1.29 is 19.7 Å². The molecule has 0 unspecified atom stereocenters. The maximum absolute atomic E-state index is 10.8. The summed E-state index contributed by atoms with van der Waals surface area (Å²) in [5, 5.41) is 18.7. The standard InChI is InChI=1S/C13H17NO4/c1-18-11-4-5-12(15)9(6-11)7-14(8-13(16)17)10-2-3-10/h4-6,10,15H,2-3,7-8H2,1H3,(H,16,17). The molecule has 1 saturated carbocycles. The van der Waals surface area contributed by atoms with E-state index in [1.165, 1.54) is 0 Å². The number of carboxylic acids is 1. The molecule has 1 fully saturated rings. The molecule has 1 aliphatic carbocycles. The third-order valence-corrected chi connectivity index (χ3v) is 3.06. The Hall–Kier alpha value is -1.75. The molecule has 2 rings (SSSR count). The third-order valence-electron chi connectivity index (χ3n) is 3.06. The molecule has 98 valence electrons. The largest absolute Gasteiger partial charge is 0.508 e. The predicted octanol–water partition coefficient (Wildman–Crippen LogP) is 1.45. The van der Waals surface area contributed by atoms with Gasteiger partial charge in [-0.25, -0.2) is 0 Å². The summed E-state index contributed by atoms with van der Waals surface area (Å²) in [4.78, 5) is 12.7. The van der Waals surface area contributed by atoms with Crippen LogP contribution < -0.4 is 4.74 Å². The summed E-state index contributed by atoms with van der Waals surface area (Å²) in [7, 11) is 1.56. The van der Waals surface area contributed by atoms with Crippen LogP contribution in [0.15, 0.2) is 18.2 Å². The number of benzene rings is 1. The number of hydrogen-bond donors (Lipinski definition) is 2. The maximum atomic E-state index is 10.8. The number of carbonyl (C=O) groups is 1. The number of hydrogen-bond acceptors (Lipinski definition) is 4. The van der Waals surface area contributed by atoms with Crippen LogP contribution in [-0.2, 0) is 11.3 Å². The van der Waals surface area contributed by atoms with Crippen LogP contribution in [-0.4, -0.2) is 40.8 Å². The van der Waals surface area contributed by atoms with Crippen molar-refractivity contribution in [2.75, 3.05) is 13.7 Å². The molecule has 0 aliphatic heterocycles. The Morgan fingerprint density at radius 1 is 1.50 bits per heavy atom. The molecule has 5 heteroatoms. The second-order valence-electron chi connectivity index (χ2n) is 4.52. The number of carboxylic acid groups (broad SMARTS) is 1. The summed E-state index contributed by atoms with van der Waals surface area (Å²) in [6.07, 6.45) is 2.05. The van der Waals surface area contributed by atoms with Crippen LogP contribution in [0.2, 0.25) is 0 Å². The fraction of sp³-hybridized carbons (Fsp3) is 0.462. The van der Waals surface area contributed by atoms with Gasteiger partial charge in [-0.15, -0.1) is 0 Å². The number of methoxy groups -OCH3 is 1. The predicted molar refractivity (Wildman–Crippen MR) is 65.7 cm³/mol. The van der Waals surface area contributed by atoms with E-state index in [9.17, 15) is 9.90 Å². The summed E-state index contributed by atoms with van der Waals surface area (Å²) in [6, 6.07) is 5.32. The summed E-state index contributed by atoms with van der Waals surface area (Å²) in [5.74, 6) is -0.00926. The van der Waals surface area contributed by atoms with Gasteiger partial charge in [0.15, 0.2) is 0 Å². The van der Waals surface area contributed by atoms with Gasteiger partial charge in [0.05, 0.1) is 13.7 Å². The van der Waals surface area contributed by atoms with Crippen LogP contribution in [0.1, 0.15) is 18.4 Å². The van der Waals surface area contributed by atoms with Crippen molar-refractivity contribution in [2.24, 2.45) is 0 Å². The molecule has 1 aromatic rings. The van der Waals surface area contributed by atoms with Gasteiger partial charge >= 0.3 is 5.97 Å². The fourth-order valence-corrected chi connectivity index (χ4v) is 1.96. The lowest BCUT2D eigenvalue weighted by Crippen LogP contribution is -2.31. The average molecular weight is 251 g/mol. The van der Waals surface area contributed by atoms with E-state index in [1.807, 2.05) is 4.90 Å². The second-order valence-corrected chi connectivity index (χ2v) is 4.52. The molecule has 5 nitrogen and oxygen atoms in total. The maximum Gasteiger partial charge on any atom is 0.317 e. The molecule has 0 amide bonds. The van der Waals surface area contributed by atoms with E-state index in [1.54, 1.807) is 25.3 Å². The van der Waals surface area contributed by atoms with Gasteiger partial charge in [0.2, 0.25) is 0 Å². The average Bonchev–Trinajstić information content (AvgIpc) is 3.14. The van der Waals surface area contributed by atoms with Crippen molar-refractivity contribution in [1.82, 2.24) is 4.90 Å². The lowest BCUT2D eigenvalue weighted by molar-refractivity contribution is -0.138. The second kappa shape index (κ2) is 5.27. The smallest absolute Gasteiger partial charge is 0.317 e. The first-order valence-electron chi connectivity index (χ1n) is 5.92. The summed E-state index contributed by atoms with van der Waals surface area (Å²) in [5.41, 5.74) is 0.697. The number of nitrogens with zero attached hydrogens (tertiary/aromatic N) is 1. The van der Waals surface area contributed by atoms with E-state index in [0.29, 0.717) is 23.9 Å². The lowest BCUT2D eigenvalue weighted by Gasteiger charge is -2.20. The highest BCUT2D eigenvalue weighted by molar-refractivity contribution is 5.69. The number of phenols is 1. The molecule has 0 heterocycles. The number of phenolic OH excluding ortho intramolecular Hbond substituents is 1. The van der Waals surface area contributed by atoms with Gasteiger partial charge < -0.3 is 14.9 Å². The normalized spacial score (nSPS) is 14.8. The molecule has 0 bridgehead atoms. The van der Waals surface area contributed by atoms with Crippen molar-refractivity contribution in [2.45, 2.75) is 25.4 Å². The van der Waals surface area contributed by atoms with Crippen molar-refractivity contribution in [3.8, 4) is 11.5 Å². The van der Waals surface area contributed by atoms with E-state index in [-0.39, 0.29) is 12.3 Å². The van der Waals surface area contributed by atoms with Gasteiger partial charge in [0, 0.05) is 18.2 Å². The highest BCUT2D eigenvalue weighted by Crippen LogP contribution is 2.31. The monoisotopic (exact) mass is 251 g/mol. The molecule has 0 aromatic heterocycles. The van der Waals surface area contributed by atoms with E-state index in [0.717, 1.165) is 12.8 Å². The Bertz CT molecular complexity index is 443. The molecular weight excluding hydrogens is 234 g/mol. The lowest BCUT2D eigenvalue weighted by atomic mass is 10.1. The zero-order valence-electron chi connectivity index (χ0n) is 10.3. The molecule has 1 aromatic carbocycles. The molecule has 0 atom stereocenters. The molecule has 1 aliphatic rings. The minimum atomic E-state index is -0.843. The molecule has 18 heavy (non-hydrogen) atoms. The first-order valence-corrected chi connectivity index (χ1v) is 5.92. The van der Waals surface area contributed by atoms with Crippen LogP contribution in [0.3, 0.4) is 0 Å². The van der Waals surface area contributed by atoms with Crippen LogP contribution in [0.25, 0.3) is 0 Å². The van der Waals surface area contributed by atoms with Crippen LogP contribution in [0.5, 0.6) is 11.5 Å². The van der Waals surface area contributed by atoms with E-state index in [2.05, 4.69) is 0 Å². The van der Waals surface area contributed by atoms with Crippen LogP contribution in [0.4, 0.5) is 0 Å². The summed E-state index contributed by atoms with van der Waals surface area (Å²) >= 11 is 0. The summed E-state index contributed by atoms with van der Waals surface area (Å²) in [6.45, 7) is 0.432. The van der Waals surface area contributed by atoms with Gasteiger partial charge in [-0.1, -0.05) is 0 Å².